The van der Waals surface area contributed by atoms with Gasteiger partial charge in [-0.05, 0) is 24.3 Å². The van der Waals surface area contributed by atoms with Crippen molar-refractivity contribution in [2.45, 2.75) is 0 Å². The van der Waals surface area contributed by atoms with Crippen LogP contribution in [-0.4, -0.2) is 17.3 Å². The summed E-state index contributed by atoms with van der Waals surface area (Å²) in [5.41, 5.74) is 0.969. The van der Waals surface area contributed by atoms with Crippen LogP contribution in [0.3, 0.4) is 0 Å². The third-order valence-electron chi connectivity index (χ3n) is 2.76. The molecule has 0 atom stereocenters. The van der Waals surface area contributed by atoms with Crippen molar-refractivity contribution in [3.05, 3.63) is 67.6 Å². The molecule has 7 heteroatoms. The van der Waals surface area contributed by atoms with E-state index in [2.05, 4.69) is 21.2 Å². The van der Waals surface area contributed by atoms with Crippen LogP contribution >= 0.6 is 27.5 Å². The fourth-order valence-corrected chi connectivity index (χ4v) is 2.20. The molecule has 108 valence electrons. The number of nitro benzene ring substituents is 1. The van der Waals surface area contributed by atoms with Crippen molar-refractivity contribution in [3.63, 3.8) is 0 Å². The van der Waals surface area contributed by atoms with Gasteiger partial charge in [0.15, 0.2) is 5.78 Å². The topological polar surface area (TPSA) is 72.2 Å². The van der Waals surface area contributed by atoms with Gasteiger partial charge in [0, 0.05) is 21.8 Å². The minimum absolute atomic E-state index is 0.0288. The van der Waals surface area contributed by atoms with E-state index in [0.717, 1.165) is 4.47 Å². The maximum atomic E-state index is 12.0. The van der Waals surface area contributed by atoms with Gasteiger partial charge in [-0.2, -0.15) is 0 Å². The molecular formula is C14H10BrClN2O3. The number of carbonyl (C=O) groups is 1. The smallest absolute Gasteiger partial charge is 0.288 e. The maximum Gasteiger partial charge on any atom is 0.288 e. The number of nitro groups is 1. The lowest BCUT2D eigenvalue weighted by atomic mass is 10.1. The molecule has 0 saturated heterocycles. The molecule has 0 saturated carbocycles. The van der Waals surface area contributed by atoms with Crippen LogP contribution in [0.25, 0.3) is 0 Å². The second-order valence-corrected chi connectivity index (χ2v) is 5.53. The third-order valence-corrected chi connectivity index (χ3v) is 3.60. The van der Waals surface area contributed by atoms with Crippen molar-refractivity contribution in [1.82, 2.24) is 0 Å². The number of rotatable bonds is 5. The van der Waals surface area contributed by atoms with E-state index < -0.39 is 4.92 Å². The molecule has 0 heterocycles. The van der Waals surface area contributed by atoms with Crippen LogP contribution in [0.15, 0.2) is 46.9 Å². The molecule has 0 radical (unpaired) electrons. The molecule has 0 aliphatic carbocycles. The second-order valence-electron chi connectivity index (χ2n) is 4.21. The highest BCUT2D eigenvalue weighted by Gasteiger charge is 2.12. The van der Waals surface area contributed by atoms with Gasteiger partial charge in [0.25, 0.3) is 5.69 Å². The van der Waals surface area contributed by atoms with Crippen molar-refractivity contribution in [2.75, 3.05) is 11.9 Å². The first-order valence-electron chi connectivity index (χ1n) is 5.94. The molecule has 0 fully saturated rings. The predicted octanol–water partition coefficient (Wildman–Crippen LogP) is 4.31. The number of Topliss-reactive ketones (excluding diaryl/α,β-unsaturated/α-hetero) is 1. The van der Waals surface area contributed by atoms with Gasteiger partial charge in [-0.25, -0.2) is 0 Å². The normalized spacial score (nSPS) is 10.2. The summed E-state index contributed by atoms with van der Waals surface area (Å²) in [5.74, 6) is -0.0861. The molecule has 0 unspecified atom stereocenters. The van der Waals surface area contributed by atoms with Crippen LogP contribution in [0.5, 0.6) is 0 Å². The Labute approximate surface area is 134 Å². The number of benzene rings is 2. The van der Waals surface area contributed by atoms with Crippen molar-refractivity contribution in [2.24, 2.45) is 0 Å². The van der Waals surface area contributed by atoms with Crippen LogP contribution in [0.2, 0.25) is 5.02 Å². The van der Waals surface area contributed by atoms with E-state index in [1.54, 1.807) is 24.3 Å². The Morgan fingerprint density at radius 2 is 1.90 bits per heavy atom. The molecule has 2 aromatic carbocycles. The molecule has 2 rings (SSSR count). The molecule has 0 aromatic heterocycles. The van der Waals surface area contributed by atoms with Crippen LogP contribution in [0, 0.1) is 10.1 Å². The molecule has 0 aliphatic rings. The number of nitrogens with zero attached hydrogens (tertiary/aromatic N) is 1. The summed E-state index contributed by atoms with van der Waals surface area (Å²) < 4.78 is 0.897. The second kappa shape index (κ2) is 6.69. The van der Waals surface area contributed by atoms with Gasteiger partial charge in [0.1, 0.15) is 5.02 Å². The number of nitrogens with one attached hydrogen (secondary N) is 1. The lowest BCUT2D eigenvalue weighted by Gasteiger charge is -2.06. The Morgan fingerprint density at radius 3 is 2.48 bits per heavy atom. The number of halogens is 2. The summed E-state index contributed by atoms with van der Waals surface area (Å²) in [4.78, 5) is 22.1. The van der Waals surface area contributed by atoms with Crippen molar-refractivity contribution < 1.29 is 9.72 Å². The lowest BCUT2D eigenvalue weighted by Crippen LogP contribution is -2.13. The average molecular weight is 370 g/mol. The lowest BCUT2D eigenvalue weighted by molar-refractivity contribution is -0.384. The van der Waals surface area contributed by atoms with Gasteiger partial charge in [-0.1, -0.05) is 39.7 Å². The van der Waals surface area contributed by atoms with Crippen LogP contribution in [0.1, 0.15) is 10.4 Å². The maximum absolute atomic E-state index is 12.0. The number of carbonyl (C=O) groups excluding carboxylic acids is 1. The summed E-state index contributed by atoms with van der Waals surface area (Å²) in [7, 11) is 0. The van der Waals surface area contributed by atoms with E-state index in [0.29, 0.717) is 11.3 Å². The molecule has 0 amide bonds. The van der Waals surface area contributed by atoms with Crippen LogP contribution < -0.4 is 5.32 Å². The van der Waals surface area contributed by atoms with Gasteiger partial charge in [-0.15, -0.1) is 0 Å². The van der Waals surface area contributed by atoms with Crippen LogP contribution in [0.4, 0.5) is 11.4 Å². The summed E-state index contributed by atoms with van der Waals surface area (Å²) in [6, 6.07) is 11.3. The SMILES string of the molecule is O=C(CNc1ccc([N+](=O)[O-])c(Cl)c1)c1ccc(Br)cc1. The zero-order valence-corrected chi connectivity index (χ0v) is 13.0. The first-order chi connectivity index (χ1) is 9.97. The van der Waals surface area contributed by atoms with E-state index in [1.807, 2.05) is 0 Å². The molecular weight excluding hydrogens is 360 g/mol. The summed E-state index contributed by atoms with van der Waals surface area (Å²) >= 11 is 9.10. The minimum atomic E-state index is -0.556. The standard InChI is InChI=1S/C14H10BrClN2O3/c15-10-3-1-9(2-4-10)14(19)8-17-11-5-6-13(18(20)21)12(16)7-11/h1-7,17H,8H2. The van der Waals surface area contributed by atoms with Crippen molar-refractivity contribution >= 4 is 44.7 Å². The van der Waals surface area contributed by atoms with E-state index >= 15 is 0 Å². The fourth-order valence-electron chi connectivity index (χ4n) is 1.69. The van der Waals surface area contributed by atoms with Gasteiger partial charge < -0.3 is 5.32 Å². The highest BCUT2D eigenvalue weighted by Crippen LogP contribution is 2.27. The van der Waals surface area contributed by atoms with Crippen LogP contribution in [-0.2, 0) is 0 Å². The quantitative estimate of drug-likeness (QED) is 0.484. The Kier molecular flexibility index (Phi) is 4.93. The van der Waals surface area contributed by atoms with E-state index in [9.17, 15) is 14.9 Å². The molecule has 5 nitrogen and oxygen atoms in total. The summed E-state index contributed by atoms with van der Waals surface area (Å²) in [6.07, 6.45) is 0. The monoisotopic (exact) mass is 368 g/mol. The van der Waals surface area contributed by atoms with E-state index in [-0.39, 0.29) is 23.0 Å². The fraction of sp³-hybridized carbons (Fsp3) is 0.0714. The predicted molar refractivity (Wildman–Crippen MR) is 85.1 cm³/mol. The summed E-state index contributed by atoms with van der Waals surface area (Å²) in [5, 5.41) is 13.6. The Balaban J connectivity index is 2.03. The van der Waals surface area contributed by atoms with E-state index in [1.165, 1.54) is 18.2 Å². The van der Waals surface area contributed by atoms with Gasteiger partial charge in [0.05, 0.1) is 11.5 Å². The minimum Gasteiger partial charge on any atom is -0.378 e. The number of hydrogen-bond donors (Lipinski definition) is 1. The van der Waals surface area contributed by atoms with Crippen molar-refractivity contribution in [3.8, 4) is 0 Å². The molecule has 0 spiro atoms. The number of anilines is 1. The molecule has 0 bridgehead atoms. The Bertz CT molecular complexity index is 689. The average Bonchev–Trinajstić information content (AvgIpc) is 2.45. The highest BCUT2D eigenvalue weighted by molar-refractivity contribution is 9.10. The largest absolute Gasteiger partial charge is 0.378 e. The van der Waals surface area contributed by atoms with Gasteiger partial charge in [-0.3, -0.25) is 14.9 Å². The molecule has 0 aliphatic heterocycles. The zero-order chi connectivity index (χ0) is 15.4. The Hall–Kier alpha value is -1.92. The Morgan fingerprint density at radius 1 is 1.24 bits per heavy atom. The third kappa shape index (κ3) is 4.03. The first kappa shape index (κ1) is 15.5. The first-order valence-corrected chi connectivity index (χ1v) is 7.11. The molecule has 1 N–H and O–H groups in total. The van der Waals surface area contributed by atoms with Gasteiger partial charge >= 0.3 is 0 Å². The highest BCUT2D eigenvalue weighted by atomic mass is 79.9. The van der Waals surface area contributed by atoms with Gasteiger partial charge in [0.2, 0.25) is 0 Å². The van der Waals surface area contributed by atoms with Crippen molar-refractivity contribution in [1.29, 1.82) is 0 Å². The van der Waals surface area contributed by atoms with E-state index in [4.69, 9.17) is 11.6 Å². The molecule has 2 aromatic rings. The summed E-state index contributed by atoms with van der Waals surface area (Å²) in [6.45, 7) is 0.0791. The number of hydrogen-bond acceptors (Lipinski definition) is 4. The zero-order valence-electron chi connectivity index (χ0n) is 10.7. The molecule has 21 heavy (non-hydrogen) atoms. The number of ketones is 1.